The Morgan fingerprint density at radius 1 is 1.14 bits per heavy atom. The number of hydrogen-bond acceptors (Lipinski definition) is 2. The van der Waals surface area contributed by atoms with Crippen LogP contribution in [0.1, 0.15) is 10.4 Å². The summed E-state index contributed by atoms with van der Waals surface area (Å²) in [5, 5.41) is 11.5. The standard InChI is InChI=1S/C15H13FN2O3/c1-18(11-5-3-2-4-6-11)15(21)17-13-8-7-10(16)9-12(13)14(19)20/h2-9H,1H3,(H,17,21)(H,19,20). The number of halogens is 1. The van der Waals surface area contributed by atoms with Crippen molar-refractivity contribution in [1.29, 1.82) is 0 Å². The molecule has 2 amide bonds. The third-order valence-corrected chi connectivity index (χ3v) is 2.90. The highest BCUT2D eigenvalue weighted by Crippen LogP contribution is 2.19. The van der Waals surface area contributed by atoms with Crippen LogP contribution in [0.4, 0.5) is 20.6 Å². The van der Waals surface area contributed by atoms with Crippen LogP contribution in [-0.2, 0) is 0 Å². The molecule has 2 N–H and O–H groups in total. The molecule has 2 aromatic rings. The van der Waals surface area contributed by atoms with Crippen molar-refractivity contribution < 1.29 is 19.1 Å². The van der Waals surface area contributed by atoms with Crippen molar-refractivity contribution in [2.24, 2.45) is 0 Å². The zero-order valence-corrected chi connectivity index (χ0v) is 11.2. The van der Waals surface area contributed by atoms with Gasteiger partial charge in [-0.1, -0.05) is 18.2 Å². The number of anilines is 2. The topological polar surface area (TPSA) is 69.6 Å². The number of urea groups is 1. The molecule has 6 heteroatoms. The van der Waals surface area contributed by atoms with E-state index in [1.54, 1.807) is 31.3 Å². The van der Waals surface area contributed by atoms with Crippen molar-refractivity contribution in [2.45, 2.75) is 0 Å². The minimum atomic E-state index is -1.31. The fraction of sp³-hybridized carbons (Fsp3) is 0.0667. The van der Waals surface area contributed by atoms with Gasteiger partial charge in [-0.25, -0.2) is 14.0 Å². The van der Waals surface area contributed by atoms with E-state index in [-0.39, 0.29) is 11.3 Å². The molecule has 0 radical (unpaired) electrons. The summed E-state index contributed by atoms with van der Waals surface area (Å²) in [5.41, 5.74) is 0.385. The summed E-state index contributed by atoms with van der Waals surface area (Å²) >= 11 is 0. The summed E-state index contributed by atoms with van der Waals surface area (Å²) in [6.07, 6.45) is 0. The third-order valence-electron chi connectivity index (χ3n) is 2.90. The van der Waals surface area contributed by atoms with Crippen LogP contribution in [0.15, 0.2) is 48.5 Å². The van der Waals surface area contributed by atoms with Crippen molar-refractivity contribution in [3.05, 3.63) is 59.9 Å². The average Bonchev–Trinajstić information content (AvgIpc) is 2.49. The van der Waals surface area contributed by atoms with Crippen molar-refractivity contribution in [2.75, 3.05) is 17.3 Å². The van der Waals surface area contributed by atoms with Crippen LogP contribution in [0.5, 0.6) is 0 Å². The molecule has 2 rings (SSSR count). The quantitative estimate of drug-likeness (QED) is 0.911. The lowest BCUT2D eigenvalue weighted by Crippen LogP contribution is -2.31. The van der Waals surface area contributed by atoms with Crippen molar-refractivity contribution in [1.82, 2.24) is 0 Å². The van der Waals surface area contributed by atoms with Crippen LogP contribution in [0.2, 0.25) is 0 Å². The van der Waals surface area contributed by atoms with Gasteiger partial charge in [0.15, 0.2) is 0 Å². The van der Waals surface area contributed by atoms with Crippen LogP contribution in [0, 0.1) is 5.82 Å². The molecular formula is C15H13FN2O3. The minimum Gasteiger partial charge on any atom is -0.478 e. The molecule has 0 aliphatic heterocycles. The maximum atomic E-state index is 13.1. The second-order valence-electron chi connectivity index (χ2n) is 4.32. The number of nitrogens with one attached hydrogen (secondary N) is 1. The van der Waals surface area contributed by atoms with Gasteiger partial charge in [0.25, 0.3) is 0 Å². The van der Waals surface area contributed by atoms with Crippen LogP contribution >= 0.6 is 0 Å². The molecule has 0 aliphatic rings. The molecule has 108 valence electrons. The normalized spacial score (nSPS) is 10.0. The summed E-state index contributed by atoms with van der Waals surface area (Å²) in [5.74, 6) is -1.99. The Morgan fingerprint density at radius 3 is 2.43 bits per heavy atom. The number of amides is 2. The number of hydrogen-bond donors (Lipinski definition) is 2. The molecule has 0 atom stereocenters. The van der Waals surface area contributed by atoms with Gasteiger partial charge in [-0.3, -0.25) is 4.90 Å². The Bertz CT molecular complexity index is 674. The molecular weight excluding hydrogens is 275 g/mol. The van der Waals surface area contributed by atoms with Gasteiger partial charge in [-0.05, 0) is 30.3 Å². The molecule has 0 spiro atoms. The van der Waals surface area contributed by atoms with Crippen LogP contribution in [-0.4, -0.2) is 24.2 Å². The number of nitrogens with zero attached hydrogens (tertiary/aromatic N) is 1. The summed E-state index contributed by atoms with van der Waals surface area (Å²) in [6.45, 7) is 0. The Hall–Kier alpha value is -2.89. The lowest BCUT2D eigenvalue weighted by atomic mass is 10.1. The number of carbonyl (C=O) groups excluding carboxylic acids is 1. The zero-order valence-electron chi connectivity index (χ0n) is 11.2. The first-order chi connectivity index (χ1) is 9.99. The van der Waals surface area contributed by atoms with Crippen molar-refractivity contribution in [3.63, 3.8) is 0 Å². The van der Waals surface area contributed by atoms with E-state index in [4.69, 9.17) is 5.11 Å². The smallest absolute Gasteiger partial charge is 0.337 e. The number of para-hydroxylation sites is 1. The first-order valence-corrected chi connectivity index (χ1v) is 6.11. The van der Waals surface area contributed by atoms with E-state index >= 15 is 0 Å². The molecule has 0 heterocycles. The Balaban J connectivity index is 2.22. The molecule has 0 bridgehead atoms. The number of benzene rings is 2. The maximum Gasteiger partial charge on any atom is 0.337 e. The second-order valence-corrected chi connectivity index (χ2v) is 4.32. The lowest BCUT2D eigenvalue weighted by Gasteiger charge is -2.18. The molecule has 2 aromatic carbocycles. The average molecular weight is 288 g/mol. The predicted molar refractivity (Wildman–Crippen MR) is 77.2 cm³/mol. The van der Waals surface area contributed by atoms with Crippen molar-refractivity contribution >= 4 is 23.4 Å². The van der Waals surface area contributed by atoms with E-state index in [0.29, 0.717) is 5.69 Å². The van der Waals surface area contributed by atoms with E-state index in [9.17, 15) is 14.0 Å². The first kappa shape index (κ1) is 14.5. The number of carboxylic acids is 1. The highest BCUT2D eigenvalue weighted by molar-refractivity contribution is 6.05. The molecule has 0 saturated heterocycles. The lowest BCUT2D eigenvalue weighted by molar-refractivity contribution is 0.0697. The number of rotatable bonds is 3. The summed E-state index contributed by atoms with van der Waals surface area (Å²) in [6, 6.07) is 11.5. The van der Waals surface area contributed by atoms with Gasteiger partial charge in [0.05, 0.1) is 11.3 Å². The van der Waals surface area contributed by atoms with E-state index in [1.165, 1.54) is 11.0 Å². The highest BCUT2D eigenvalue weighted by atomic mass is 19.1. The SMILES string of the molecule is CN(C(=O)Nc1ccc(F)cc1C(=O)O)c1ccccc1. The van der Waals surface area contributed by atoms with Crippen LogP contribution < -0.4 is 10.2 Å². The highest BCUT2D eigenvalue weighted by Gasteiger charge is 2.16. The van der Waals surface area contributed by atoms with Crippen molar-refractivity contribution in [3.8, 4) is 0 Å². The van der Waals surface area contributed by atoms with E-state index in [1.807, 2.05) is 6.07 Å². The van der Waals surface area contributed by atoms with E-state index < -0.39 is 17.8 Å². The first-order valence-electron chi connectivity index (χ1n) is 6.11. The fourth-order valence-corrected chi connectivity index (χ4v) is 1.77. The van der Waals surface area contributed by atoms with Gasteiger partial charge >= 0.3 is 12.0 Å². The second kappa shape index (κ2) is 6.04. The molecule has 0 aromatic heterocycles. The summed E-state index contributed by atoms with van der Waals surface area (Å²) in [4.78, 5) is 24.5. The Morgan fingerprint density at radius 2 is 1.81 bits per heavy atom. The molecule has 21 heavy (non-hydrogen) atoms. The van der Waals surface area contributed by atoms with Gasteiger partial charge in [-0.15, -0.1) is 0 Å². The van der Waals surface area contributed by atoms with Gasteiger partial charge < -0.3 is 10.4 Å². The number of carboxylic acid groups (broad SMARTS) is 1. The molecule has 0 saturated carbocycles. The van der Waals surface area contributed by atoms with Gasteiger partial charge in [-0.2, -0.15) is 0 Å². The largest absolute Gasteiger partial charge is 0.478 e. The molecule has 0 fully saturated rings. The molecule has 0 unspecified atom stereocenters. The van der Waals surface area contributed by atoms with Gasteiger partial charge in [0.1, 0.15) is 5.82 Å². The van der Waals surface area contributed by atoms with E-state index in [2.05, 4.69) is 5.32 Å². The third kappa shape index (κ3) is 3.36. The van der Waals surface area contributed by atoms with Gasteiger partial charge in [0, 0.05) is 12.7 Å². The zero-order chi connectivity index (χ0) is 15.4. The summed E-state index contributed by atoms with van der Waals surface area (Å²) < 4.78 is 13.1. The number of aromatic carboxylic acids is 1. The molecule has 0 aliphatic carbocycles. The van der Waals surface area contributed by atoms with Crippen LogP contribution in [0.25, 0.3) is 0 Å². The monoisotopic (exact) mass is 288 g/mol. The minimum absolute atomic E-state index is 0.0386. The number of carbonyl (C=O) groups is 2. The Labute approximate surface area is 120 Å². The van der Waals surface area contributed by atoms with E-state index in [0.717, 1.165) is 12.1 Å². The summed E-state index contributed by atoms with van der Waals surface area (Å²) in [7, 11) is 1.55. The fourth-order valence-electron chi connectivity index (χ4n) is 1.77. The van der Waals surface area contributed by atoms with Gasteiger partial charge in [0.2, 0.25) is 0 Å². The Kier molecular flexibility index (Phi) is 4.18. The predicted octanol–water partition coefficient (Wildman–Crippen LogP) is 3.19. The maximum absolute atomic E-state index is 13.1. The molecule has 5 nitrogen and oxygen atoms in total. The van der Waals surface area contributed by atoms with Crippen LogP contribution in [0.3, 0.4) is 0 Å².